The van der Waals surface area contributed by atoms with Gasteiger partial charge < -0.3 is 15.0 Å². The second-order valence-electron chi connectivity index (χ2n) is 7.77. The number of benzene rings is 2. The fourth-order valence-electron chi connectivity index (χ4n) is 3.08. The fourth-order valence-corrected chi connectivity index (χ4v) is 3.38. The number of halogens is 2. The number of carbonyl (C=O) groups is 2. The van der Waals surface area contributed by atoms with E-state index in [0.29, 0.717) is 15.8 Å². The van der Waals surface area contributed by atoms with Crippen molar-refractivity contribution in [1.82, 2.24) is 10.2 Å². The lowest BCUT2D eigenvalue weighted by Crippen LogP contribution is -2.50. The highest BCUT2D eigenvalue weighted by molar-refractivity contribution is 6.32. The molecule has 0 aliphatic heterocycles. The molecule has 2 aromatic rings. The zero-order chi connectivity index (χ0) is 23.1. The van der Waals surface area contributed by atoms with Crippen LogP contribution in [0.5, 0.6) is 5.75 Å². The van der Waals surface area contributed by atoms with E-state index >= 15 is 0 Å². The molecule has 31 heavy (non-hydrogen) atoms. The van der Waals surface area contributed by atoms with E-state index in [1.54, 1.807) is 25.1 Å². The minimum Gasteiger partial charge on any atom is -0.484 e. The highest BCUT2D eigenvalue weighted by atomic mass is 35.5. The monoisotopic (exact) mass is 464 g/mol. The summed E-state index contributed by atoms with van der Waals surface area (Å²) in [5, 5.41) is 4.16. The molecule has 0 aliphatic carbocycles. The van der Waals surface area contributed by atoms with Crippen molar-refractivity contribution in [2.45, 2.75) is 59.7 Å². The number of hydrogen-bond acceptors (Lipinski definition) is 3. The third kappa shape index (κ3) is 6.88. The highest BCUT2D eigenvalue weighted by Gasteiger charge is 2.27. The molecule has 5 nitrogen and oxygen atoms in total. The number of hydrogen-bond donors (Lipinski definition) is 1. The molecule has 2 atom stereocenters. The lowest BCUT2D eigenvalue weighted by atomic mass is 10.1. The molecule has 7 heteroatoms. The molecule has 0 saturated heterocycles. The molecule has 0 radical (unpaired) electrons. The van der Waals surface area contributed by atoms with E-state index in [4.69, 9.17) is 27.9 Å². The van der Waals surface area contributed by atoms with Crippen molar-refractivity contribution < 1.29 is 14.3 Å². The summed E-state index contributed by atoms with van der Waals surface area (Å²) in [5.74, 6) is 0.0343. The molecule has 2 unspecified atom stereocenters. The van der Waals surface area contributed by atoms with Crippen molar-refractivity contribution in [3.05, 3.63) is 63.1 Å². The quantitative estimate of drug-likeness (QED) is 0.545. The maximum atomic E-state index is 13.1. The SMILES string of the molecule is CCC(C)NC(=O)C(C)N(Cc1ccccc1Cl)C(=O)COc1cc(C)c(Cl)c(C)c1. The number of rotatable bonds is 9. The zero-order valence-corrected chi connectivity index (χ0v) is 20.2. The van der Waals surface area contributed by atoms with Gasteiger partial charge in [-0.3, -0.25) is 9.59 Å². The van der Waals surface area contributed by atoms with E-state index in [2.05, 4.69) is 5.32 Å². The van der Waals surface area contributed by atoms with Crippen molar-refractivity contribution in [2.24, 2.45) is 0 Å². The molecule has 168 valence electrons. The Labute approximate surface area is 194 Å². The molecule has 0 spiro atoms. The van der Waals surface area contributed by atoms with Crippen molar-refractivity contribution in [2.75, 3.05) is 6.61 Å². The molecule has 2 rings (SSSR count). The summed E-state index contributed by atoms with van der Waals surface area (Å²) in [6, 6.07) is 10.2. The molecule has 0 fully saturated rings. The first kappa shape index (κ1) is 25.0. The van der Waals surface area contributed by atoms with Crippen LogP contribution in [0, 0.1) is 13.8 Å². The second-order valence-corrected chi connectivity index (χ2v) is 8.55. The van der Waals surface area contributed by atoms with Gasteiger partial charge in [0.15, 0.2) is 6.61 Å². The Hall–Kier alpha value is -2.24. The van der Waals surface area contributed by atoms with Crippen molar-refractivity contribution in [3.8, 4) is 5.75 Å². The minimum atomic E-state index is -0.685. The third-order valence-corrected chi connectivity index (χ3v) is 6.20. The van der Waals surface area contributed by atoms with Gasteiger partial charge in [0.2, 0.25) is 5.91 Å². The molecule has 0 aromatic heterocycles. The smallest absolute Gasteiger partial charge is 0.261 e. The first-order chi connectivity index (χ1) is 14.6. The van der Waals surface area contributed by atoms with Gasteiger partial charge in [-0.2, -0.15) is 0 Å². The Morgan fingerprint density at radius 2 is 1.71 bits per heavy atom. The van der Waals surface area contributed by atoms with E-state index in [1.807, 2.05) is 45.9 Å². The second kappa shape index (κ2) is 11.4. The van der Waals surface area contributed by atoms with E-state index in [1.165, 1.54) is 4.90 Å². The van der Waals surface area contributed by atoms with Crippen LogP contribution in [0.4, 0.5) is 0 Å². The third-order valence-electron chi connectivity index (χ3n) is 5.24. The van der Waals surface area contributed by atoms with Gasteiger partial charge in [0, 0.05) is 22.6 Å². The van der Waals surface area contributed by atoms with Crippen LogP contribution < -0.4 is 10.1 Å². The van der Waals surface area contributed by atoms with Gasteiger partial charge in [-0.15, -0.1) is 0 Å². The summed E-state index contributed by atoms with van der Waals surface area (Å²) >= 11 is 12.5. The summed E-state index contributed by atoms with van der Waals surface area (Å²) < 4.78 is 5.75. The zero-order valence-electron chi connectivity index (χ0n) is 18.7. The molecular weight excluding hydrogens is 435 g/mol. The van der Waals surface area contributed by atoms with Crippen LogP contribution in [0.15, 0.2) is 36.4 Å². The van der Waals surface area contributed by atoms with Crippen LogP contribution in [0.3, 0.4) is 0 Å². The first-order valence-corrected chi connectivity index (χ1v) is 11.1. The molecule has 0 saturated carbocycles. The summed E-state index contributed by atoms with van der Waals surface area (Å²) in [7, 11) is 0. The van der Waals surface area contributed by atoms with Gasteiger partial charge in [0.1, 0.15) is 11.8 Å². The maximum Gasteiger partial charge on any atom is 0.261 e. The molecule has 2 aromatic carbocycles. The van der Waals surface area contributed by atoms with Crippen LogP contribution in [0.25, 0.3) is 0 Å². The Kier molecular flexibility index (Phi) is 9.20. The van der Waals surface area contributed by atoms with Crippen LogP contribution >= 0.6 is 23.2 Å². The van der Waals surface area contributed by atoms with Crippen molar-refractivity contribution >= 4 is 35.0 Å². The summed E-state index contributed by atoms with van der Waals surface area (Å²) in [4.78, 5) is 27.4. The van der Waals surface area contributed by atoms with E-state index in [9.17, 15) is 9.59 Å². The van der Waals surface area contributed by atoms with Crippen LogP contribution in [0.2, 0.25) is 10.0 Å². The van der Waals surface area contributed by atoms with Gasteiger partial charge >= 0.3 is 0 Å². The molecule has 0 aliphatic rings. The number of nitrogens with one attached hydrogen (secondary N) is 1. The predicted molar refractivity (Wildman–Crippen MR) is 126 cm³/mol. The van der Waals surface area contributed by atoms with Gasteiger partial charge in [0.25, 0.3) is 5.91 Å². The normalized spacial score (nSPS) is 12.7. The Morgan fingerprint density at radius 3 is 2.29 bits per heavy atom. The average Bonchev–Trinajstić information content (AvgIpc) is 2.74. The summed E-state index contributed by atoms with van der Waals surface area (Å²) in [6.07, 6.45) is 0.801. The van der Waals surface area contributed by atoms with Gasteiger partial charge in [0.05, 0.1) is 0 Å². The topological polar surface area (TPSA) is 58.6 Å². The average molecular weight is 465 g/mol. The lowest BCUT2D eigenvalue weighted by molar-refractivity contribution is -0.142. The van der Waals surface area contributed by atoms with Crippen molar-refractivity contribution in [1.29, 1.82) is 0 Å². The fraction of sp³-hybridized carbons (Fsp3) is 0.417. The van der Waals surface area contributed by atoms with Crippen LogP contribution in [-0.4, -0.2) is 35.4 Å². The van der Waals surface area contributed by atoms with Gasteiger partial charge in [-0.05, 0) is 69.0 Å². The van der Waals surface area contributed by atoms with Gasteiger partial charge in [-0.1, -0.05) is 48.3 Å². The largest absolute Gasteiger partial charge is 0.484 e. The minimum absolute atomic E-state index is 0.0171. The Bertz CT molecular complexity index is 910. The van der Waals surface area contributed by atoms with Crippen LogP contribution in [0.1, 0.15) is 43.9 Å². The first-order valence-electron chi connectivity index (χ1n) is 10.4. The number of nitrogens with zero attached hydrogens (tertiary/aromatic N) is 1. The summed E-state index contributed by atoms with van der Waals surface area (Å²) in [5.41, 5.74) is 2.51. The molecule has 2 amide bonds. The van der Waals surface area contributed by atoms with Crippen LogP contribution in [-0.2, 0) is 16.1 Å². The maximum absolute atomic E-state index is 13.1. The lowest BCUT2D eigenvalue weighted by Gasteiger charge is -2.30. The Morgan fingerprint density at radius 1 is 1.10 bits per heavy atom. The molecular formula is C24H30Cl2N2O3. The number of carbonyl (C=O) groups excluding carboxylic acids is 2. The standard InChI is InChI=1S/C24H30Cl2N2O3/c1-6-17(4)27-24(30)18(5)28(13-19-9-7-8-10-21(19)25)22(29)14-31-20-11-15(2)23(26)16(3)12-20/h7-12,17-18H,6,13-14H2,1-5H3,(H,27,30). The number of ether oxygens (including phenoxy) is 1. The number of amides is 2. The molecule has 0 heterocycles. The number of aryl methyl sites for hydroxylation is 2. The molecule has 0 bridgehead atoms. The van der Waals surface area contributed by atoms with E-state index in [0.717, 1.165) is 23.1 Å². The molecule has 1 N–H and O–H groups in total. The van der Waals surface area contributed by atoms with Crippen molar-refractivity contribution in [3.63, 3.8) is 0 Å². The van der Waals surface area contributed by atoms with E-state index in [-0.39, 0.29) is 31.0 Å². The summed E-state index contributed by atoms with van der Waals surface area (Å²) in [6.45, 7) is 9.40. The highest BCUT2D eigenvalue weighted by Crippen LogP contribution is 2.26. The Balaban J connectivity index is 2.21. The van der Waals surface area contributed by atoms with E-state index < -0.39 is 6.04 Å². The van der Waals surface area contributed by atoms with Gasteiger partial charge in [-0.25, -0.2) is 0 Å². The predicted octanol–water partition coefficient (Wildman–Crippen LogP) is 5.32.